The van der Waals surface area contributed by atoms with Crippen LogP contribution in [0, 0.1) is 6.92 Å². The van der Waals surface area contributed by atoms with Gasteiger partial charge in [-0.15, -0.1) is 10.2 Å². The van der Waals surface area contributed by atoms with Crippen LogP contribution in [0.1, 0.15) is 23.9 Å². The Bertz CT molecular complexity index is 1340. The fourth-order valence-electron chi connectivity index (χ4n) is 3.46. The van der Waals surface area contributed by atoms with Crippen LogP contribution in [0.2, 0.25) is 10.0 Å². The predicted molar refractivity (Wildman–Crippen MR) is 146 cm³/mol. The summed E-state index contributed by atoms with van der Waals surface area (Å²) in [6, 6.07) is 20.2. The Balaban J connectivity index is 1.51. The standard InChI is InChI=1S/C26H25Cl2N5O2S/c1-3-35-21-11-9-20(10-12-21)30-25(34)29-15-24-31-32-26(36-16-18-7-5-4-6-17(18)2)33(24)23-13-8-19(27)14-22(23)28/h4-14H,3,15-16H2,1-2H3,(H2,29,30,34). The fraction of sp³-hybridized carbons (Fsp3) is 0.192. The number of urea groups is 1. The Kier molecular flexibility index (Phi) is 8.74. The second-order valence-electron chi connectivity index (χ2n) is 7.81. The molecular formula is C26H25Cl2N5O2S. The molecule has 0 spiro atoms. The van der Waals surface area contributed by atoms with Crippen molar-refractivity contribution in [3.63, 3.8) is 0 Å². The molecule has 0 radical (unpaired) electrons. The largest absolute Gasteiger partial charge is 0.494 e. The van der Waals surface area contributed by atoms with E-state index >= 15 is 0 Å². The third-order valence-corrected chi connectivity index (χ3v) is 6.81. The molecule has 0 atom stereocenters. The van der Waals surface area contributed by atoms with Gasteiger partial charge in [-0.25, -0.2) is 4.79 Å². The molecule has 1 aromatic heterocycles. The number of carbonyl (C=O) groups excluding carboxylic acids is 1. The van der Waals surface area contributed by atoms with Crippen LogP contribution in [0.4, 0.5) is 10.5 Å². The number of amides is 2. The first kappa shape index (κ1) is 25.9. The van der Waals surface area contributed by atoms with Crippen LogP contribution < -0.4 is 15.4 Å². The maximum atomic E-state index is 12.6. The number of nitrogens with zero attached hydrogens (tertiary/aromatic N) is 3. The van der Waals surface area contributed by atoms with Crippen molar-refractivity contribution in [1.82, 2.24) is 20.1 Å². The summed E-state index contributed by atoms with van der Waals surface area (Å²) in [5.41, 5.74) is 3.73. The minimum absolute atomic E-state index is 0.139. The number of carbonyl (C=O) groups is 1. The first-order valence-corrected chi connectivity index (χ1v) is 13.0. The summed E-state index contributed by atoms with van der Waals surface area (Å²) >= 11 is 14.2. The highest BCUT2D eigenvalue weighted by Crippen LogP contribution is 2.31. The van der Waals surface area contributed by atoms with Crippen molar-refractivity contribution in [3.8, 4) is 11.4 Å². The number of aromatic nitrogens is 3. The van der Waals surface area contributed by atoms with Crippen LogP contribution in [0.25, 0.3) is 5.69 Å². The molecule has 0 fully saturated rings. The third-order valence-electron chi connectivity index (χ3n) is 5.30. The topological polar surface area (TPSA) is 81.1 Å². The Labute approximate surface area is 224 Å². The van der Waals surface area contributed by atoms with Crippen LogP contribution in [-0.4, -0.2) is 27.4 Å². The molecule has 0 aliphatic rings. The molecule has 7 nitrogen and oxygen atoms in total. The minimum Gasteiger partial charge on any atom is -0.494 e. The molecule has 10 heteroatoms. The van der Waals surface area contributed by atoms with E-state index in [4.69, 9.17) is 27.9 Å². The van der Waals surface area contributed by atoms with Gasteiger partial charge in [-0.3, -0.25) is 4.57 Å². The van der Waals surface area contributed by atoms with Gasteiger partial charge >= 0.3 is 6.03 Å². The van der Waals surface area contributed by atoms with Gasteiger partial charge in [0, 0.05) is 16.5 Å². The SMILES string of the molecule is CCOc1ccc(NC(=O)NCc2nnc(SCc3ccccc3C)n2-c2ccc(Cl)cc2Cl)cc1. The van der Waals surface area contributed by atoms with Gasteiger partial charge in [0.25, 0.3) is 0 Å². The molecule has 0 bridgehead atoms. The number of anilines is 1. The Hall–Kier alpha value is -3.20. The number of benzene rings is 3. The number of aryl methyl sites for hydroxylation is 1. The second-order valence-corrected chi connectivity index (χ2v) is 9.60. The lowest BCUT2D eigenvalue weighted by molar-refractivity contribution is 0.251. The highest BCUT2D eigenvalue weighted by atomic mass is 35.5. The van der Waals surface area contributed by atoms with E-state index in [1.54, 1.807) is 48.2 Å². The molecule has 0 aliphatic carbocycles. The van der Waals surface area contributed by atoms with Gasteiger partial charge in [0.15, 0.2) is 11.0 Å². The summed E-state index contributed by atoms with van der Waals surface area (Å²) in [7, 11) is 0. The second kappa shape index (κ2) is 12.2. The van der Waals surface area contributed by atoms with Crippen molar-refractivity contribution in [2.24, 2.45) is 0 Å². The Morgan fingerprint density at radius 1 is 1.06 bits per heavy atom. The maximum absolute atomic E-state index is 12.6. The van der Waals surface area contributed by atoms with Crippen LogP contribution in [-0.2, 0) is 12.3 Å². The summed E-state index contributed by atoms with van der Waals surface area (Å²) < 4.78 is 7.28. The normalized spacial score (nSPS) is 10.8. The smallest absolute Gasteiger partial charge is 0.319 e. The first-order chi connectivity index (χ1) is 17.4. The van der Waals surface area contributed by atoms with Gasteiger partial charge in [-0.1, -0.05) is 59.2 Å². The van der Waals surface area contributed by atoms with E-state index in [-0.39, 0.29) is 12.6 Å². The molecule has 36 heavy (non-hydrogen) atoms. The van der Waals surface area contributed by atoms with Crippen molar-refractivity contribution in [2.45, 2.75) is 31.3 Å². The molecule has 2 amide bonds. The fourth-order valence-corrected chi connectivity index (χ4v) is 5.00. The monoisotopic (exact) mass is 541 g/mol. The van der Waals surface area contributed by atoms with Gasteiger partial charge in [0.05, 0.1) is 23.9 Å². The number of ether oxygens (including phenoxy) is 1. The molecule has 1 heterocycles. The van der Waals surface area contributed by atoms with Gasteiger partial charge in [0.1, 0.15) is 5.75 Å². The molecular weight excluding hydrogens is 517 g/mol. The highest BCUT2D eigenvalue weighted by molar-refractivity contribution is 7.98. The summed E-state index contributed by atoms with van der Waals surface area (Å²) in [6.07, 6.45) is 0. The quantitative estimate of drug-likeness (QED) is 0.225. The van der Waals surface area contributed by atoms with Crippen molar-refractivity contribution in [3.05, 3.63) is 93.7 Å². The van der Waals surface area contributed by atoms with E-state index in [9.17, 15) is 4.79 Å². The van der Waals surface area contributed by atoms with Crippen LogP contribution in [0.5, 0.6) is 5.75 Å². The summed E-state index contributed by atoms with van der Waals surface area (Å²) in [5, 5.41) is 16.0. The molecule has 2 N–H and O–H groups in total. The Morgan fingerprint density at radius 2 is 1.83 bits per heavy atom. The van der Waals surface area contributed by atoms with Crippen LogP contribution >= 0.6 is 35.0 Å². The van der Waals surface area contributed by atoms with Gasteiger partial charge in [-0.2, -0.15) is 0 Å². The van der Waals surface area contributed by atoms with Gasteiger partial charge in [0.2, 0.25) is 0 Å². The molecule has 0 aliphatic heterocycles. The molecule has 4 rings (SSSR count). The summed E-state index contributed by atoms with van der Waals surface area (Å²) in [6.45, 7) is 4.72. The number of rotatable bonds is 9. The zero-order valence-electron chi connectivity index (χ0n) is 19.8. The van der Waals surface area contributed by atoms with Crippen molar-refractivity contribution in [1.29, 1.82) is 0 Å². The van der Waals surface area contributed by atoms with Crippen LogP contribution in [0.3, 0.4) is 0 Å². The zero-order chi connectivity index (χ0) is 25.5. The van der Waals surface area contributed by atoms with E-state index in [1.165, 1.54) is 11.1 Å². The van der Waals surface area contributed by atoms with E-state index in [0.717, 1.165) is 5.75 Å². The zero-order valence-corrected chi connectivity index (χ0v) is 22.1. The van der Waals surface area contributed by atoms with Crippen LogP contribution in [0.15, 0.2) is 71.9 Å². The number of nitrogens with one attached hydrogen (secondary N) is 2. The van der Waals surface area contributed by atoms with E-state index in [2.05, 4.69) is 39.9 Å². The molecule has 0 saturated heterocycles. The lowest BCUT2D eigenvalue weighted by Gasteiger charge is -2.13. The average molecular weight is 542 g/mol. The van der Waals surface area contributed by atoms with Gasteiger partial charge < -0.3 is 15.4 Å². The lowest BCUT2D eigenvalue weighted by Crippen LogP contribution is -2.29. The summed E-state index contributed by atoms with van der Waals surface area (Å²) in [5.74, 6) is 1.99. The van der Waals surface area contributed by atoms with E-state index < -0.39 is 0 Å². The Morgan fingerprint density at radius 3 is 2.56 bits per heavy atom. The van der Waals surface area contributed by atoms with E-state index in [0.29, 0.717) is 44.8 Å². The first-order valence-electron chi connectivity index (χ1n) is 11.3. The van der Waals surface area contributed by atoms with Crippen molar-refractivity contribution in [2.75, 3.05) is 11.9 Å². The van der Waals surface area contributed by atoms with Gasteiger partial charge in [-0.05, 0) is 67.4 Å². The number of thioether (sulfide) groups is 1. The number of hydrogen-bond donors (Lipinski definition) is 2. The molecule has 0 unspecified atom stereocenters. The predicted octanol–water partition coefficient (Wildman–Crippen LogP) is 6.90. The number of hydrogen-bond acceptors (Lipinski definition) is 5. The van der Waals surface area contributed by atoms with Crippen molar-refractivity contribution < 1.29 is 9.53 Å². The molecule has 0 saturated carbocycles. The minimum atomic E-state index is -0.370. The van der Waals surface area contributed by atoms with E-state index in [1.807, 2.05) is 29.7 Å². The molecule has 186 valence electrons. The third kappa shape index (κ3) is 6.51. The highest BCUT2D eigenvalue weighted by Gasteiger charge is 2.18. The van der Waals surface area contributed by atoms with Crippen molar-refractivity contribution >= 4 is 46.7 Å². The molecule has 4 aromatic rings. The number of halogens is 2. The summed E-state index contributed by atoms with van der Waals surface area (Å²) in [4.78, 5) is 12.6. The average Bonchev–Trinajstić information content (AvgIpc) is 3.26. The maximum Gasteiger partial charge on any atom is 0.319 e. The molecule has 3 aromatic carbocycles. The lowest BCUT2D eigenvalue weighted by atomic mass is 10.1.